The fourth-order valence-corrected chi connectivity index (χ4v) is 1.85. The Labute approximate surface area is 102 Å². The van der Waals surface area contributed by atoms with E-state index in [2.05, 4.69) is 23.8 Å². The van der Waals surface area contributed by atoms with E-state index in [4.69, 9.17) is 5.73 Å². The Morgan fingerprint density at radius 2 is 1.82 bits per heavy atom. The first kappa shape index (κ1) is 11.6. The molecule has 2 heterocycles. The smallest absolute Gasteiger partial charge is 0.123 e. The molecule has 0 aliphatic heterocycles. The number of nitrogens with two attached hydrogens (primary N) is 1. The van der Waals surface area contributed by atoms with E-state index < -0.39 is 0 Å². The van der Waals surface area contributed by atoms with Crippen molar-refractivity contribution in [2.45, 2.75) is 20.3 Å². The summed E-state index contributed by atoms with van der Waals surface area (Å²) < 4.78 is 0. The highest BCUT2D eigenvalue weighted by molar-refractivity contribution is 5.66. The van der Waals surface area contributed by atoms with Crippen molar-refractivity contribution in [1.82, 2.24) is 9.97 Å². The van der Waals surface area contributed by atoms with E-state index in [0.717, 1.165) is 23.2 Å². The number of aromatic nitrogens is 2. The fourth-order valence-electron chi connectivity index (χ4n) is 1.85. The maximum atomic E-state index is 5.76. The van der Waals surface area contributed by atoms with E-state index >= 15 is 0 Å². The zero-order valence-corrected chi connectivity index (χ0v) is 10.2. The first-order valence-electron chi connectivity index (χ1n) is 5.82. The molecule has 0 aliphatic carbocycles. The lowest BCUT2D eigenvalue weighted by Crippen LogP contribution is -2.02. The molecule has 88 valence electrons. The van der Waals surface area contributed by atoms with Crippen LogP contribution in [0.25, 0.3) is 11.1 Å². The quantitative estimate of drug-likeness (QED) is 0.877. The SMILES string of the molecule is CC(C)Cc1nc(N)ccc1-c1ccncc1. The third-order valence-corrected chi connectivity index (χ3v) is 2.59. The zero-order valence-electron chi connectivity index (χ0n) is 10.2. The van der Waals surface area contributed by atoms with Crippen molar-refractivity contribution < 1.29 is 0 Å². The highest BCUT2D eigenvalue weighted by atomic mass is 14.8. The summed E-state index contributed by atoms with van der Waals surface area (Å²) in [6.45, 7) is 4.36. The van der Waals surface area contributed by atoms with Gasteiger partial charge < -0.3 is 5.73 Å². The molecule has 0 saturated heterocycles. The van der Waals surface area contributed by atoms with Crippen molar-refractivity contribution in [3.05, 3.63) is 42.4 Å². The Bertz CT molecular complexity index is 492. The molecule has 0 radical (unpaired) electrons. The predicted molar refractivity (Wildman–Crippen MR) is 70.4 cm³/mol. The van der Waals surface area contributed by atoms with E-state index in [1.54, 1.807) is 12.4 Å². The molecule has 2 rings (SSSR count). The van der Waals surface area contributed by atoms with Crippen LogP contribution in [0, 0.1) is 5.92 Å². The second-order valence-electron chi connectivity index (χ2n) is 4.56. The lowest BCUT2D eigenvalue weighted by atomic mass is 9.99. The molecule has 0 unspecified atom stereocenters. The number of hydrogen-bond donors (Lipinski definition) is 1. The van der Waals surface area contributed by atoms with Gasteiger partial charge in [-0.3, -0.25) is 4.98 Å². The molecule has 0 saturated carbocycles. The molecule has 2 aromatic heterocycles. The van der Waals surface area contributed by atoms with E-state index in [1.807, 2.05) is 24.3 Å². The average Bonchev–Trinajstić information content (AvgIpc) is 2.29. The summed E-state index contributed by atoms with van der Waals surface area (Å²) in [5.74, 6) is 1.14. The molecule has 0 spiro atoms. The standard InChI is InChI=1S/C14H17N3/c1-10(2)9-13-12(3-4-14(15)17-13)11-5-7-16-8-6-11/h3-8,10H,9H2,1-2H3,(H2,15,17). The first-order valence-corrected chi connectivity index (χ1v) is 5.82. The maximum Gasteiger partial charge on any atom is 0.123 e. The van der Waals surface area contributed by atoms with Crippen LogP contribution in [0.3, 0.4) is 0 Å². The highest BCUT2D eigenvalue weighted by Gasteiger charge is 2.08. The highest BCUT2D eigenvalue weighted by Crippen LogP contribution is 2.24. The number of rotatable bonds is 3. The van der Waals surface area contributed by atoms with Crippen molar-refractivity contribution >= 4 is 5.82 Å². The number of nitrogens with zero attached hydrogens (tertiary/aromatic N) is 2. The van der Waals surface area contributed by atoms with Gasteiger partial charge in [-0.05, 0) is 42.2 Å². The molecular formula is C14H17N3. The Kier molecular flexibility index (Phi) is 3.38. The molecule has 0 fully saturated rings. The topological polar surface area (TPSA) is 51.8 Å². The first-order chi connectivity index (χ1) is 8.16. The van der Waals surface area contributed by atoms with E-state index in [0.29, 0.717) is 11.7 Å². The van der Waals surface area contributed by atoms with Gasteiger partial charge >= 0.3 is 0 Å². The second-order valence-corrected chi connectivity index (χ2v) is 4.56. The van der Waals surface area contributed by atoms with Crippen LogP contribution in [0.15, 0.2) is 36.7 Å². The molecule has 3 nitrogen and oxygen atoms in total. The lowest BCUT2D eigenvalue weighted by Gasteiger charge is -2.11. The maximum absolute atomic E-state index is 5.76. The molecule has 0 aromatic carbocycles. The Morgan fingerprint density at radius 3 is 2.47 bits per heavy atom. The summed E-state index contributed by atoms with van der Waals surface area (Å²) in [5, 5.41) is 0. The van der Waals surface area contributed by atoms with Crippen LogP contribution >= 0.6 is 0 Å². The van der Waals surface area contributed by atoms with Crippen LogP contribution < -0.4 is 5.73 Å². The summed E-state index contributed by atoms with van der Waals surface area (Å²) in [5.41, 5.74) is 9.11. The van der Waals surface area contributed by atoms with Gasteiger partial charge in [0.2, 0.25) is 0 Å². The minimum Gasteiger partial charge on any atom is -0.384 e. The van der Waals surface area contributed by atoms with Crippen LogP contribution in [0.5, 0.6) is 0 Å². The third kappa shape index (κ3) is 2.81. The molecule has 0 amide bonds. The minimum atomic E-state index is 0.560. The van der Waals surface area contributed by atoms with Crippen LogP contribution in [0.2, 0.25) is 0 Å². The van der Waals surface area contributed by atoms with Crippen molar-refractivity contribution in [3.63, 3.8) is 0 Å². The number of pyridine rings is 2. The van der Waals surface area contributed by atoms with Crippen LogP contribution in [0.1, 0.15) is 19.5 Å². The zero-order chi connectivity index (χ0) is 12.3. The molecule has 2 aromatic rings. The average molecular weight is 227 g/mol. The molecule has 17 heavy (non-hydrogen) atoms. The molecule has 3 heteroatoms. The van der Waals surface area contributed by atoms with Gasteiger partial charge in [-0.1, -0.05) is 13.8 Å². The van der Waals surface area contributed by atoms with E-state index in [-0.39, 0.29) is 0 Å². The van der Waals surface area contributed by atoms with Gasteiger partial charge in [0.1, 0.15) is 5.82 Å². The van der Waals surface area contributed by atoms with Gasteiger partial charge in [0.15, 0.2) is 0 Å². The largest absolute Gasteiger partial charge is 0.384 e. The molecule has 0 bridgehead atoms. The summed E-state index contributed by atoms with van der Waals surface area (Å²) >= 11 is 0. The normalized spacial score (nSPS) is 10.8. The Balaban J connectivity index is 2.46. The van der Waals surface area contributed by atoms with Crippen LogP contribution in [0.4, 0.5) is 5.82 Å². The van der Waals surface area contributed by atoms with Gasteiger partial charge in [0, 0.05) is 18.0 Å². The van der Waals surface area contributed by atoms with E-state index in [1.165, 1.54) is 0 Å². The van der Waals surface area contributed by atoms with Crippen molar-refractivity contribution in [1.29, 1.82) is 0 Å². The molecule has 2 N–H and O–H groups in total. The fraction of sp³-hybridized carbons (Fsp3) is 0.286. The van der Waals surface area contributed by atoms with Gasteiger partial charge in [-0.25, -0.2) is 4.98 Å². The molecular weight excluding hydrogens is 210 g/mol. The van der Waals surface area contributed by atoms with Crippen molar-refractivity contribution in [3.8, 4) is 11.1 Å². The van der Waals surface area contributed by atoms with E-state index in [9.17, 15) is 0 Å². The number of hydrogen-bond acceptors (Lipinski definition) is 3. The lowest BCUT2D eigenvalue weighted by molar-refractivity contribution is 0.637. The molecule has 0 atom stereocenters. The minimum absolute atomic E-state index is 0.560. The van der Waals surface area contributed by atoms with Crippen molar-refractivity contribution in [2.24, 2.45) is 5.92 Å². The number of anilines is 1. The molecule has 0 aliphatic rings. The van der Waals surface area contributed by atoms with Crippen LogP contribution in [-0.4, -0.2) is 9.97 Å². The van der Waals surface area contributed by atoms with Gasteiger partial charge in [0.25, 0.3) is 0 Å². The Morgan fingerprint density at radius 1 is 1.12 bits per heavy atom. The predicted octanol–water partition coefficient (Wildman–Crippen LogP) is 2.92. The Hall–Kier alpha value is -1.90. The van der Waals surface area contributed by atoms with Gasteiger partial charge in [-0.2, -0.15) is 0 Å². The van der Waals surface area contributed by atoms with Gasteiger partial charge in [-0.15, -0.1) is 0 Å². The summed E-state index contributed by atoms with van der Waals surface area (Å²) in [6.07, 6.45) is 4.53. The number of nitrogen functional groups attached to an aromatic ring is 1. The summed E-state index contributed by atoms with van der Waals surface area (Å²) in [7, 11) is 0. The second kappa shape index (κ2) is 4.95. The van der Waals surface area contributed by atoms with Crippen molar-refractivity contribution in [2.75, 3.05) is 5.73 Å². The summed E-state index contributed by atoms with van der Waals surface area (Å²) in [4.78, 5) is 8.48. The summed E-state index contributed by atoms with van der Waals surface area (Å²) in [6, 6.07) is 7.88. The van der Waals surface area contributed by atoms with Gasteiger partial charge in [0.05, 0.1) is 5.69 Å². The van der Waals surface area contributed by atoms with Crippen LogP contribution in [-0.2, 0) is 6.42 Å². The monoisotopic (exact) mass is 227 g/mol. The third-order valence-electron chi connectivity index (χ3n) is 2.59.